The average molecular weight is 503 g/mol. The average Bonchev–Trinajstić information content (AvgIpc) is 3.62. The van der Waals surface area contributed by atoms with Crippen LogP contribution in [0.2, 0.25) is 0 Å². The van der Waals surface area contributed by atoms with E-state index in [0.717, 1.165) is 30.3 Å². The highest BCUT2D eigenvalue weighted by molar-refractivity contribution is 6.16. The fourth-order valence-corrected chi connectivity index (χ4v) is 4.08. The van der Waals surface area contributed by atoms with Gasteiger partial charge in [0.2, 0.25) is 0 Å². The fourth-order valence-electron chi connectivity index (χ4n) is 4.08. The van der Waals surface area contributed by atoms with Gasteiger partial charge >= 0.3 is 12.1 Å². The maximum absolute atomic E-state index is 14.5. The zero-order valence-electron chi connectivity index (χ0n) is 18.6. The van der Waals surface area contributed by atoms with Crippen LogP contribution in [0.15, 0.2) is 48.7 Å². The van der Waals surface area contributed by atoms with Gasteiger partial charge in [-0.2, -0.15) is 13.2 Å². The summed E-state index contributed by atoms with van der Waals surface area (Å²) in [5.74, 6) is -4.29. The van der Waals surface area contributed by atoms with Crippen LogP contribution in [0.4, 0.5) is 27.6 Å². The van der Waals surface area contributed by atoms with E-state index in [4.69, 9.17) is 10.5 Å². The number of benzene rings is 2. The van der Waals surface area contributed by atoms with Crippen LogP contribution in [0.3, 0.4) is 0 Å². The smallest absolute Gasteiger partial charge is 0.398 e. The number of amides is 1. The van der Waals surface area contributed by atoms with Gasteiger partial charge in [0.25, 0.3) is 5.91 Å². The summed E-state index contributed by atoms with van der Waals surface area (Å²) in [6, 6.07) is 7.42. The Morgan fingerprint density at radius 3 is 2.36 bits per heavy atom. The van der Waals surface area contributed by atoms with Crippen molar-refractivity contribution in [1.82, 2.24) is 4.98 Å². The van der Waals surface area contributed by atoms with Crippen LogP contribution >= 0.6 is 0 Å². The number of nitrogens with one attached hydrogen (secondary N) is 2. The quantitative estimate of drug-likeness (QED) is 0.300. The van der Waals surface area contributed by atoms with Crippen LogP contribution in [0.5, 0.6) is 0 Å². The van der Waals surface area contributed by atoms with Crippen LogP contribution in [-0.4, -0.2) is 33.9 Å². The summed E-state index contributed by atoms with van der Waals surface area (Å²) < 4.78 is 70.3. The molecule has 0 bridgehead atoms. The number of aromatic nitrogens is 1. The molecule has 1 saturated carbocycles. The standard InChI is InChI=1S/C25H18F5N3O3/c1-12-16(26)7-6-15(24(8-9-24)25(28,29)30)19(12)22(34)33-18-3-2-10-32-21(18)20(31)14-5-4-13(23(35)36)11-17(14)27/h2-7,10-11,31H,8-9H2,1H3,(H,33,34)(H,35,36). The molecule has 2 aromatic carbocycles. The van der Waals surface area contributed by atoms with Gasteiger partial charge in [-0.3, -0.25) is 15.2 Å². The molecular formula is C25H18F5N3O3. The number of halogens is 5. The molecule has 0 unspecified atom stereocenters. The summed E-state index contributed by atoms with van der Waals surface area (Å²) >= 11 is 0. The molecule has 0 saturated heterocycles. The molecule has 0 aliphatic heterocycles. The second-order valence-corrected chi connectivity index (χ2v) is 8.40. The molecule has 36 heavy (non-hydrogen) atoms. The van der Waals surface area contributed by atoms with Crippen LogP contribution in [0, 0.1) is 24.0 Å². The van der Waals surface area contributed by atoms with E-state index >= 15 is 0 Å². The highest BCUT2D eigenvalue weighted by Gasteiger charge is 2.65. The van der Waals surface area contributed by atoms with E-state index in [1.54, 1.807) is 0 Å². The van der Waals surface area contributed by atoms with E-state index in [0.29, 0.717) is 0 Å². The normalized spacial score (nSPS) is 14.3. The van der Waals surface area contributed by atoms with E-state index in [9.17, 15) is 31.5 Å². The van der Waals surface area contributed by atoms with Crippen molar-refractivity contribution in [1.29, 1.82) is 5.41 Å². The molecule has 3 aromatic rings. The van der Waals surface area contributed by atoms with Crippen LogP contribution in [-0.2, 0) is 5.41 Å². The molecular weight excluding hydrogens is 485 g/mol. The Balaban J connectivity index is 1.73. The summed E-state index contributed by atoms with van der Waals surface area (Å²) in [6.45, 7) is 1.20. The number of alkyl halides is 3. The van der Waals surface area contributed by atoms with E-state index in [1.165, 1.54) is 25.3 Å². The molecule has 3 N–H and O–H groups in total. The Hall–Kier alpha value is -4.15. The van der Waals surface area contributed by atoms with Crippen molar-refractivity contribution in [2.75, 3.05) is 5.32 Å². The number of anilines is 1. The SMILES string of the molecule is Cc1c(F)ccc(C2(C(F)(F)F)CC2)c1C(=O)Nc1cccnc1C(=N)c1ccc(C(=O)O)cc1F. The number of carboxylic acids is 1. The highest BCUT2D eigenvalue weighted by Crippen LogP contribution is 2.60. The van der Waals surface area contributed by atoms with Crippen molar-refractivity contribution in [2.45, 2.75) is 31.4 Å². The first-order valence-corrected chi connectivity index (χ1v) is 10.6. The Kier molecular flexibility index (Phi) is 6.11. The minimum Gasteiger partial charge on any atom is -0.478 e. The van der Waals surface area contributed by atoms with Crippen molar-refractivity contribution < 1.29 is 36.6 Å². The van der Waals surface area contributed by atoms with Crippen LogP contribution in [0.25, 0.3) is 0 Å². The molecule has 11 heteroatoms. The lowest BCUT2D eigenvalue weighted by molar-refractivity contribution is -0.160. The lowest BCUT2D eigenvalue weighted by Crippen LogP contribution is -2.32. The molecule has 1 aromatic heterocycles. The minimum atomic E-state index is -4.65. The number of aromatic carboxylic acids is 1. The first-order valence-electron chi connectivity index (χ1n) is 10.6. The number of carbonyl (C=O) groups is 2. The van der Waals surface area contributed by atoms with Crippen molar-refractivity contribution in [3.63, 3.8) is 0 Å². The summed E-state index contributed by atoms with van der Waals surface area (Å²) in [5.41, 5.74) is -4.84. The molecule has 1 fully saturated rings. The second kappa shape index (κ2) is 8.81. The van der Waals surface area contributed by atoms with Gasteiger partial charge < -0.3 is 10.4 Å². The summed E-state index contributed by atoms with van der Waals surface area (Å²) in [6.07, 6.45) is -3.87. The Morgan fingerprint density at radius 1 is 1.08 bits per heavy atom. The Labute approximate surface area is 201 Å². The second-order valence-electron chi connectivity index (χ2n) is 8.40. The molecule has 6 nitrogen and oxygen atoms in total. The zero-order chi connectivity index (χ0) is 26.4. The summed E-state index contributed by atoms with van der Waals surface area (Å²) in [4.78, 5) is 28.3. The van der Waals surface area contributed by atoms with Gasteiger partial charge in [0.1, 0.15) is 17.3 Å². The van der Waals surface area contributed by atoms with Crippen LogP contribution in [0.1, 0.15) is 55.9 Å². The largest absolute Gasteiger partial charge is 0.478 e. The van der Waals surface area contributed by atoms with E-state index in [1.807, 2.05) is 0 Å². The van der Waals surface area contributed by atoms with Crippen LogP contribution < -0.4 is 5.32 Å². The fraction of sp³-hybridized carbons (Fsp3) is 0.200. The molecule has 1 aliphatic rings. The molecule has 1 heterocycles. The Bertz CT molecular complexity index is 1410. The van der Waals surface area contributed by atoms with Gasteiger partial charge in [-0.15, -0.1) is 0 Å². The minimum absolute atomic E-state index is 0.124. The molecule has 0 spiro atoms. The van der Waals surface area contributed by atoms with Gasteiger partial charge in [-0.1, -0.05) is 6.07 Å². The number of pyridine rings is 1. The zero-order valence-corrected chi connectivity index (χ0v) is 18.6. The van der Waals surface area contributed by atoms with Gasteiger partial charge in [0.15, 0.2) is 0 Å². The predicted molar refractivity (Wildman–Crippen MR) is 120 cm³/mol. The number of carboxylic acid groups (broad SMARTS) is 1. The number of hydrogen-bond acceptors (Lipinski definition) is 4. The third kappa shape index (κ3) is 4.21. The molecule has 186 valence electrons. The highest BCUT2D eigenvalue weighted by atomic mass is 19.4. The van der Waals surface area contributed by atoms with Crippen molar-refractivity contribution in [3.8, 4) is 0 Å². The van der Waals surface area contributed by atoms with Crippen molar-refractivity contribution in [2.24, 2.45) is 0 Å². The summed E-state index contributed by atoms with van der Waals surface area (Å²) in [5, 5.41) is 19.8. The number of hydrogen-bond donors (Lipinski definition) is 3. The Morgan fingerprint density at radius 2 is 1.78 bits per heavy atom. The van der Waals surface area contributed by atoms with E-state index in [-0.39, 0.29) is 46.5 Å². The van der Waals surface area contributed by atoms with Gasteiger partial charge in [0.05, 0.1) is 22.4 Å². The van der Waals surface area contributed by atoms with Gasteiger partial charge in [0, 0.05) is 17.3 Å². The van der Waals surface area contributed by atoms with E-state index < -0.39 is 46.4 Å². The first-order chi connectivity index (χ1) is 16.9. The lowest BCUT2D eigenvalue weighted by Gasteiger charge is -2.24. The number of nitrogens with zero attached hydrogens (tertiary/aromatic N) is 1. The third-order valence-corrected chi connectivity index (χ3v) is 6.21. The molecule has 1 aliphatic carbocycles. The monoisotopic (exact) mass is 503 g/mol. The molecule has 4 rings (SSSR count). The maximum atomic E-state index is 14.5. The molecule has 1 amide bonds. The van der Waals surface area contributed by atoms with E-state index in [2.05, 4.69) is 10.3 Å². The van der Waals surface area contributed by atoms with Crippen molar-refractivity contribution in [3.05, 3.63) is 93.8 Å². The predicted octanol–water partition coefficient (Wildman–Crippen LogP) is 5.63. The molecule has 0 atom stereocenters. The first kappa shape index (κ1) is 25.0. The van der Waals surface area contributed by atoms with Gasteiger partial charge in [-0.05, 0) is 67.3 Å². The number of rotatable bonds is 6. The number of carbonyl (C=O) groups excluding carboxylic acids is 1. The summed E-state index contributed by atoms with van der Waals surface area (Å²) in [7, 11) is 0. The lowest BCUT2D eigenvalue weighted by atomic mass is 9.87. The topological polar surface area (TPSA) is 103 Å². The van der Waals surface area contributed by atoms with Gasteiger partial charge in [-0.25, -0.2) is 13.6 Å². The molecule has 0 radical (unpaired) electrons. The van der Waals surface area contributed by atoms with Crippen molar-refractivity contribution >= 4 is 23.3 Å². The third-order valence-electron chi connectivity index (χ3n) is 6.21. The maximum Gasteiger partial charge on any atom is 0.398 e.